The van der Waals surface area contributed by atoms with Gasteiger partial charge in [0.15, 0.2) is 0 Å². The number of halogens is 4. The summed E-state index contributed by atoms with van der Waals surface area (Å²) in [5.74, 6) is -3.19. The summed E-state index contributed by atoms with van der Waals surface area (Å²) < 4.78 is 51.6. The first-order chi connectivity index (χ1) is 10.6. The summed E-state index contributed by atoms with van der Waals surface area (Å²) in [5, 5.41) is 0. The van der Waals surface area contributed by atoms with Crippen LogP contribution in [-0.2, 0) is 11.0 Å². The summed E-state index contributed by atoms with van der Waals surface area (Å²) in [4.78, 5) is 25.0. The Morgan fingerprint density at radius 1 is 1.26 bits per heavy atom. The van der Waals surface area contributed by atoms with Crippen LogP contribution >= 0.6 is 0 Å². The molecule has 1 aromatic carbocycles. The van der Waals surface area contributed by atoms with E-state index in [1.54, 1.807) is 6.92 Å². The van der Waals surface area contributed by atoms with Crippen LogP contribution in [0.25, 0.3) is 0 Å². The Kier molecular flexibility index (Phi) is 4.63. The number of nitrogens with zero attached hydrogens (tertiary/aromatic N) is 1. The lowest BCUT2D eigenvalue weighted by molar-refractivity contribution is -0.140. The number of carbonyl (C=O) groups is 2. The van der Waals surface area contributed by atoms with Gasteiger partial charge >= 0.3 is 6.18 Å². The maximum absolute atomic E-state index is 13.3. The lowest BCUT2D eigenvalue weighted by atomic mass is 9.92. The van der Waals surface area contributed by atoms with E-state index in [2.05, 4.69) is 0 Å². The highest BCUT2D eigenvalue weighted by molar-refractivity contribution is 5.95. The molecule has 0 unspecified atom stereocenters. The molecule has 1 aliphatic rings. The molecule has 0 spiro atoms. The largest absolute Gasteiger partial charge is 0.419 e. The summed E-state index contributed by atoms with van der Waals surface area (Å²) in [6, 6.07) is 1.89. The van der Waals surface area contributed by atoms with Crippen LogP contribution < -0.4 is 5.73 Å². The van der Waals surface area contributed by atoms with Crippen molar-refractivity contribution in [3.8, 4) is 0 Å². The van der Waals surface area contributed by atoms with E-state index in [9.17, 15) is 27.2 Å². The van der Waals surface area contributed by atoms with Gasteiger partial charge in [-0.1, -0.05) is 0 Å². The Labute approximate surface area is 130 Å². The average molecular weight is 332 g/mol. The number of carbonyl (C=O) groups excluding carboxylic acids is 2. The molecule has 0 aliphatic carbocycles. The molecule has 1 fully saturated rings. The number of likely N-dealkylation sites (tertiary alicyclic amines) is 1. The Morgan fingerprint density at radius 2 is 1.91 bits per heavy atom. The maximum Gasteiger partial charge on any atom is 0.419 e. The zero-order chi connectivity index (χ0) is 17.4. The highest BCUT2D eigenvalue weighted by atomic mass is 19.4. The normalized spacial score (nSPS) is 22.0. The van der Waals surface area contributed by atoms with Gasteiger partial charge in [0.25, 0.3) is 5.91 Å². The molecule has 0 radical (unpaired) electrons. The van der Waals surface area contributed by atoms with Crippen LogP contribution in [0, 0.1) is 11.7 Å². The number of hydrogen-bond donors (Lipinski definition) is 1. The summed E-state index contributed by atoms with van der Waals surface area (Å²) in [7, 11) is 0. The summed E-state index contributed by atoms with van der Waals surface area (Å²) >= 11 is 0. The van der Waals surface area contributed by atoms with Gasteiger partial charge in [-0.2, -0.15) is 13.2 Å². The van der Waals surface area contributed by atoms with Crippen LogP contribution in [0.3, 0.4) is 0 Å². The number of nitrogens with two attached hydrogens (primary N) is 1. The number of primary amides is 1. The fourth-order valence-corrected chi connectivity index (χ4v) is 2.66. The van der Waals surface area contributed by atoms with Crippen LogP contribution in [0.1, 0.15) is 35.7 Å². The SMILES string of the molecule is C[C@@H]1CC[C@@H](C(N)=O)CN1C(=O)c1ccc(F)c(C(F)(F)F)c1. The summed E-state index contributed by atoms with van der Waals surface area (Å²) in [6.45, 7) is 1.79. The first kappa shape index (κ1) is 17.2. The van der Waals surface area contributed by atoms with Gasteiger partial charge in [0.1, 0.15) is 5.82 Å². The average Bonchev–Trinajstić information content (AvgIpc) is 2.46. The Bertz CT molecular complexity index is 630. The van der Waals surface area contributed by atoms with Crippen LogP contribution in [0.15, 0.2) is 18.2 Å². The van der Waals surface area contributed by atoms with Gasteiger partial charge in [-0.3, -0.25) is 9.59 Å². The van der Waals surface area contributed by atoms with Crippen molar-refractivity contribution in [2.45, 2.75) is 32.0 Å². The van der Waals surface area contributed by atoms with Gasteiger partial charge < -0.3 is 10.6 Å². The Morgan fingerprint density at radius 3 is 2.48 bits per heavy atom. The van der Waals surface area contributed by atoms with Crippen LogP contribution in [0.5, 0.6) is 0 Å². The summed E-state index contributed by atoms with van der Waals surface area (Å²) in [6.07, 6.45) is -3.84. The van der Waals surface area contributed by atoms with Crippen molar-refractivity contribution in [2.24, 2.45) is 11.7 Å². The molecule has 1 aliphatic heterocycles. The van der Waals surface area contributed by atoms with Crippen molar-refractivity contribution >= 4 is 11.8 Å². The third-order valence-electron chi connectivity index (χ3n) is 4.06. The fourth-order valence-electron chi connectivity index (χ4n) is 2.66. The molecule has 2 amide bonds. The number of alkyl halides is 3. The van der Waals surface area contributed by atoms with Crippen molar-refractivity contribution in [3.63, 3.8) is 0 Å². The molecule has 2 rings (SSSR count). The molecule has 4 nitrogen and oxygen atoms in total. The number of piperidine rings is 1. The molecule has 1 heterocycles. The van der Waals surface area contributed by atoms with E-state index in [1.807, 2.05) is 0 Å². The minimum atomic E-state index is -4.89. The standard InChI is InChI=1S/C15H16F4N2O2/c1-8-2-3-10(13(20)22)7-21(8)14(23)9-4-5-12(16)11(6-9)15(17,18)19/h4-6,8,10H,2-3,7H2,1H3,(H2,20,22)/t8-,10-/m1/s1. The van der Waals surface area contributed by atoms with Gasteiger partial charge in [0.05, 0.1) is 11.5 Å². The molecule has 23 heavy (non-hydrogen) atoms. The molecule has 8 heteroatoms. The predicted octanol–water partition coefficient (Wildman–Crippen LogP) is 2.57. The molecule has 1 saturated heterocycles. The van der Waals surface area contributed by atoms with Gasteiger partial charge in [-0.25, -0.2) is 4.39 Å². The highest BCUT2D eigenvalue weighted by Gasteiger charge is 2.36. The number of amides is 2. The molecule has 126 valence electrons. The van der Waals surface area contributed by atoms with Gasteiger partial charge in [0.2, 0.25) is 5.91 Å². The van der Waals surface area contributed by atoms with Crippen molar-refractivity contribution < 1.29 is 27.2 Å². The third-order valence-corrected chi connectivity index (χ3v) is 4.06. The van der Waals surface area contributed by atoms with Crippen molar-refractivity contribution in [1.29, 1.82) is 0 Å². The van der Waals surface area contributed by atoms with Crippen LogP contribution in [-0.4, -0.2) is 29.3 Å². The second-order valence-corrected chi connectivity index (χ2v) is 5.68. The first-order valence-electron chi connectivity index (χ1n) is 7.08. The van der Waals surface area contributed by atoms with E-state index < -0.39 is 35.3 Å². The van der Waals surface area contributed by atoms with E-state index in [-0.39, 0.29) is 18.2 Å². The molecular formula is C15H16F4N2O2. The van der Waals surface area contributed by atoms with Gasteiger partial charge in [-0.05, 0) is 38.0 Å². The molecule has 2 atom stereocenters. The highest BCUT2D eigenvalue weighted by Crippen LogP contribution is 2.32. The van der Waals surface area contributed by atoms with Gasteiger partial charge in [0, 0.05) is 18.2 Å². The lowest BCUT2D eigenvalue weighted by Crippen LogP contribution is -2.48. The zero-order valence-corrected chi connectivity index (χ0v) is 12.4. The van der Waals surface area contributed by atoms with E-state index in [0.717, 1.165) is 6.07 Å². The summed E-state index contributed by atoms with van der Waals surface area (Å²) in [5.41, 5.74) is 3.49. The van der Waals surface area contributed by atoms with Crippen LogP contribution in [0.2, 0.25) is 0 Å². The zero-order valence-electron chi connectivity index (χ0n) is 12.4. The maximum atomic E-state index is 13.3. The van der Waals surface area contributed by atoms with Crippen molar-refractivity contribution in [2.75, 3.05) is 6.54 Å². The number of benzene rings is 1. The second-order valence-electron chi connectivity index (χ2n) is 5.68. The fraction of sp³-hybridized carbons (Fsp3) is 0.467. The lowest BCUT2D eigenvalue weighted by Gasteiger charge is -2.37. The number of hydrogen-bond acceptors (Lipinski definition) is 2. The minimum Gasteiger partial charge on any atom is -0.369 e. The topological polar surface area (TPSA) is 63.4 Å². The smallest absolute Gasteiger partial charge is 0.369 e. The second kappa shape index (κ2) is 6.17. The van der Waals surface area contributed by atoms with E-state index >= 15 is 0 Å². The number of rotatable bonds is 2. The molecule has 0 bridgehead atoms. The van der Waals surface area contributed by atoms with Crippen molar-refractivity contribution in [3.05, 3.63) is 35.1 Å². The third kappa shape index (κ3) is 3.62. The molecular weight excluding hydrogens is 316 g/mol. The molecule has 0 aromatic heterocycles. The van der Waals surface area contributed by atoms with E-state index in [4.69, 9.17) is 5.73 Å². The molecule has 2 N–H and O–H groups in total. The molecule has 0 saturated carbocycles. The Balaban J connectivity index is 2.31. The molecule has 1 aromatic rings. The van der Waals surface area contributed by atoms with Gasteiger partial charge in [-0.15, -0.1) is 0 Å². The minimum absolute atomic E-state index is 0.0497. The quantitative estimate of drug-likeness (QED) is 0.846. The first-order valence-corrected chi connectivity index (χ1v) is 7.08. The monoisotopic (exact) mass is 332 g/mol. The van der Waals surface area contributed by atoms with E-state index in [0.29, 0.717) is 25.0 Å². The van der Waals surface area contributed by atoms with Crippen LogP contribution in [0.4, 0.5) is 17.6 Å². The Hall–Kier alpha value is -2.12. The van der Waals surface area contributed by atoms with E-state index in [1.165, 1.54) is 4.90 Å². The van der Waals surface area contributed by atoms with Crippen molar-refractivity contribution in [1.82, 2.24) is 4.90 Å². The predicted molar refractivity (Wildman–Crippen MR) is 73.8 cm³/mol.